The molecule has 0 aliphatic heterocycles. The maximum absolute atomic E-state index is 12.2. The van der Waals surface area contributed by atoms with Crippen molar-refractivity contribution in [3.8, 4) is 0 Å². The van der Waals surface area contributed by atoms with Crippen LogP contribution in [0.25, 0.3) is 0 Å². The topological polar surface area (TPSA) is 46.2 Å². The van der Waals surface area contributed by atoms with Gasteiger partial charge in [0.2, 0.25) is 10.0 Å². The molecule has 1 aromatic carbocycles. The van der Waals surface area contributed by atoms with E-state index in [9.17, 15) is 8.42 Å². The lowest BCUT2D eigenvalue weighted by molar-refractivity contribution is 0.260. The first-order chi connectivity index (χ1) is 9.03. The third kappa shape index (κ3) is 3.71. The van der Waals surface area contributed by atoms with Crippen LogP contribution in [0.15, 0.2) is 29.2 Å². The highest BCUT2D eigenvalue weighted by atomic mass is 35.5. The minimum absolute atomic E-state index is 0.0151. The molecule has 1 aromatic rings. The first-order valence-corrected chi connectivity index (χ1v) is 8.72. The van der Waals surface area contributed by atoms with E-state index in [1.807, 2.05) is 19.1 Å². The summed E-state index contributed by atoms with van der Waals surface area (Å²) < 4.78 is 27.2. The van der Waals surface area contributed by atoms with E-state index in [-0.39, 0.29) is 6.04 Å². The van der Waals surface area contributed by atoms with Crippen molar-refractivity contribution >= 4 is 21.6 Å². The minimum Gasteiger partial charge on any atom is -0.208 e. The summed E-state index contributed by atoms with van der Waals surface area (Å²) in [6.45, 7) is 1.95. The lowest BCUT2D eigenvalue weighted by atomic mass is 9.81. The summed E-state index contributed by atoms with van der Waals surface area (Å²) in [5.74, 6) is 1.04. The lowest BCUT2D eigenvalue weighted by Gasteiger charge is -2.31. The van der Waals surface area contributed by atoms with Crippen molar-refractivity contribution in [3.05, 3.63) is 29.8 Å². The molecule has 1 atom stereocenters. The van der Waals surface area contributed by atoms with E-state index in [2.05, 4.69) is 4.72 Å². The van der Waals surface area contributed by atoms with Gasteiger partial charge < -0.3 is 0 Å². The molecule has 106 valence electrons. The van der Waals surface area contributed by atoms with E-state index in [0.29, 0.717) is 16.7 Å². The van der Waals surface area contributed by atoms with Gasteiger partial charge in [-0.3, -0.25) is 0 Å². The summed E-state index contributed by atoms with van der Waals surface area (Å²) in [6.07, 6.45) is 4.22. The zero-order chi connectivity index (χ0) is 13.9. The maximum atomic E-state index is 12.2. The van der Waals surface area contributed by atoms with Crippen LogP contribution in [0, 0.1) is 5.92 Å². The lowest BCUT2D eigenvalue weighted by Crippen LogP contribution is -2.40. The van der Waals surface area contributed by atoms with Gasteiger partial charge in [0, 0.05) is 11.9 Å². The number of hydrogen-bond donors (Lipinski definition) is 1. The van der Waals surface area contributed by atoms with Crippen molar-refractivity contribution in [2.75, 3.05) is 5.88 Å². The predicted molar refractivity (Wildman–Crippen MR) is 78.0 cm³/mol. The second-order valence-electron chi connectivity index (χ2n) is 5.18. The molecule has 1 aliphatic rings. The monoisotopic (exact) mass is 301 g/mol. The summed E-state index contributed by atoms with van der Waals surface area (Å²) in [5.41, 5.74) is 1.06. The zero-order valence-corrected chi connectivity index (χ0v) is 12.7. The largest absolute Gasteiger partial charge is 0.240 e. The number of halogens is 1. The SMILES string of the molecule is CC(NS(=O)(=O)c1ccc(CCCl)cc1)C1CCC1. The number of sulfonamides is 1. The maximum Gasteiger partial charge on any atom is 0.240 e. The van der Waals surface area contributed by atoms with Gasteiger partial charge in [-0.2, -0.15) is 0 Å². The molecular weight excluding hydrogens is 282 g/mol. The van der Waals surface area contributed by atoms with Crippen LogP contribution < -0.4 is 4.72 Å². The molecule has 0 amide bonds. The van der Waals surface area contributed by atoms with Crippen molar-refractivity contribution in [1.82, 2.24) is 4.72 Å². The first-order valence-electron chi connectivity index (χ1n) is 6.70. The Morgan fingerprint density at radius 1 is 1.32 bits per heavy atom. The molecule has 2 rings (SSSR count). The number of aryl methyl sites for hydroxylation is 1. The third-order valence-corrected chi connectivity index (χ3v) is 5.58. The van der Waals surface area contributed by atoms with Crippen molar-refractivity contribution < 1.29 is 8.42 Å². The van der Waals surface area contributed by atoms with Gasteiger partial charge in [0.1, 0.15) is 0 Å². The van der Waals surface area contributed by atoms with Gasteiger partial charge in [-0.15, -0.1) is 11.6 Å². The van der Waals surface area contributed by atoms with E-state index < -0.39 is 10.0 Å². The van der Waals surface area contributed by atoms with Gasteiger partial charge in [0.25, 0.3) is 0 Å². The van der Waals surface area contributed by atoms with Crippen LogP contribution in [-0.2, 0) is 16.4 Å². The summed E-state index contributed by atoms with van der Waals surface area (Å²) in [4.78, 5) is 0.331. The molecule has 0 heterocycles. The Morgan fingerprint density at radius 3 is 2.42 bits per heavy atom. The van der Waals surface area contributed by atoms with Crippen molar-refractivity contribution in [3.63, 3.8) is 0 Å². The van der Waals surface area contributed by atoms with Crippen LogP contribution >= 0.6 is 11.6 Å². The highest BCUT2D eigenvalue weighted by molar-refractivity contribution is 7.89. The Morgan fingerprint density at radius 2 is 1.95 bits per heavy atom. The average molecular weight is 302 g/mol. The number of alkyl halides is 1. The van der Waals surface area contributed by atoms with Crippen LogP contribution in [0.3, 0.4) is 0 Å². The Balaban J connectivity index is 2.05. The second-order valence-corrected chi connectivity index (χ2v) is 7.28. The molecule has 0 bridgehead atoms. The molecule has 1 aliphatic carbocycles. The number of benzene rings is 1. The van der Waals surface area contributed by atoms with E-state index in [1.54, 1.807) is 12.1 Å². The minimum atomic E-state index is -3.40. The highest BCUT2D eigenvalue weighted by Gasteiger charge is 2.27. The fourth-order valence-corrected chi connectivity index (χ4v) is 3.82. The molecule has 0 spiro atoms. The van der Waals surface area contributed by atoms with E-state index >= 15 is 0 Å². The second kappa shape index (κ2) is 6.25. The molecule has 0 saturated heterocycles. The van der Waals surface area contributed by atoms with E-state index in [1.165, 1.54) is 6.42 Å². The van der Waals surface area contributed by atoms with Gasteiger partial charge in [-0.05, 0) is 49.8 Å². The normalized spacial score (nSPS) is 18.0. The number of hydrogen-bond acceptors (Lipinski definition) is 2. The molecule has 0 radical (unpaired) electrons. The molecule has 3 nitrogen and oxygen atoms in total. The van der Waals surface area contributed by atoms with Crippen molar-refractivity contribution in [1.29, 1.82) is 0 Å². The summed E-state index contributed by atoms with van der Waals surface area (Å²) >= 11 is 5.66. The summed E-state index contributed by atoms with van der Waals surface area (Å²) in [5, 5.41) is 0. The van der Waals surface area contributed by atoms with Crippen LogP contribution in [0.5, 0.6) is 0 Å². The van der Waals surface area contributed by atoms with Gasteiger partial charge in [-0.1, -0.05) is 18.6 Å². The van der Waals surface area contributed by atoms with E-state index in [4.69, 9.17) is 11.6 Å². The van der Waals surface area contributed by atoms with Crippen molar-refractivity contribution in [2.45, 2.75) is 43.5 Å². The molecule has 1 unspecified atom stereocenters. The van der Waals surface area contributed by atoms with Gasteiger partial charge >= 0.3 is 0 Å². The van der Waals surface area contributed by atoms with E-state index in [0.717, 1.165) is 24.8 Å². The van der Waals surface area contributed by atoms with Crippen LogP contribution in [0.4, 0.5) is 0 Å². The Hall–Kier alpha value is -0.580. The fraction of sp³-hybridized carbons (Fsp3) is 0.571. The molecule has 1 fully saturated rings. The molecule has 0 aromatic heterocycles. The summed E-state index contributed by atoms with van der Waals surface area (Å²) in [7, 11) is -3.40. The van der Waals surface area contributed by atoms with Gasteiger partial charge in [-0.25, -0.2) is 13.1 Å². The van der Waals surface area contributed by atoms with Crippen LogP contribution in [0.2, 0.25) is 0 Å². The molecule has 1 N–H and O–H groups in total. The quantitative estimate of drug-likeness (QED) is 0.821. The molecule has 5 heteroatoms. The Labute approximate surface area is 120 Å². The Bertz CT molecular complexity index is 509. The number of rotatable bonds is 6. The molecular formula is C14H20ClNO2S. The fourth-order valence-electron chi connectivity index (χ4n) is 2.29. The van der Waals surface area contributed by atoms with Gasteiger partial charge in [0.05, 0.1) is 4.90 Å². The number of nitrogens with one attached hydrogen (secondary N) is 1. The first kappa shape index (κ1) is 14.8. The summed E-state index contributed by atoms with van der Waals surface area (Å²) in [6, 6.07) is 6.96. The van der Waals surface area contributed by atoms with Crippen LogP contribution in [-0.4, -0.2) is 20.3 Å². The average Bonchev–Trinajstić information content (AvgIpc) is 2.27. The van der Waals surface area contributed by atoms with Gasteiger partial charge in [0.15, 0.2) is 0 Å². The highest BCUT2D eigenvalue weighted by Crippen LogP contribution is 2.30. The zero-order valence-electron chi connectivity index (χ0n) is 11.1. The predicted octanol–water partition coefficient (Wildman–Crippen LogP) is 2.93. The standard InChI is InChI=1S/C14H20ClNO2S/c1-11(13-3-2-4-13)16-19(17,18)14-7-5-12(6-8-14)9-10-15/h5-8,11,13,16H,2-4,9-10H2,1H3. The van der Waals surface area contributed by atoms with Crippen molar-refractivity contribution in [2.24, 2.45) is 5.92 Å². The Kier molecular flexibility index (Phi) is 4.87. The smallest absolute Gasteiger partial charge is 0.208 e. The molecule has 19 heavy (non-hydrogen) atoms. The van der Waals surface area contributed by atoms with Crippen LogP contribution in [0.1, 0.15) is 31.7 Å². The third-order valence-electron chi connectivity index (χ3n) is 3.81. The molecule has 1 saturated carbocycles.